The van der Waals surface area contributed by atoms with Crippen LogP contribution in [0.5, 0.6) is 0 Å². The van der Waals surface area contributed by atoms with Gasteiger partial charge in [0.2, 0.25) is 0 Å². The Balaban J connectivity index is 2.61. The third-order valence-corrected chi connectivity index (χ3v) is 2.44. The Morgan fingerprint density at radius 3 is 2.41 bits per heavy atom. The second kappa shape index (κ2) is 6.24. The van der Waals surface area contributed by atoms with Gasteiger partial charge in [0.05, 0.1) is 6.61 Å². The van der Waals surface area contributed by atoms with Crippen molar-refractivity contribution in [2.75, 3.05) is 13.2 Å². The maximum atomic E-state index is 10.7. The van der Waals surface area contributed by atoms with E-state index in [-0.39, 0.29) is 6.61 Å². The first-order valence-corrected chi connectivity index (χ1v) is 5.23. The standard InChI is InChI=1S/C9H17NO7/c10-2-1-3-16-9-6(13)4(11)5(12)7(17-9)8(14)15/h4-7,9,11-13H,1-3,10H2,(H,14,15)/t4-,5+,6+,7-,9+/m0/s1. The molecule has 0 amide bonds. The highest BCUT2D eigenvalue weighted by molar-refractivity contribution is 5.73. The van der Waals surface area contributed by atoms with Gasteiger partial charge in [-0.25, -0.2) is 4.79 Å². The fourth-order valence-corrected chi connectivity index (χ4v) is 1.47. The molecule has 0 radical (unpaired) electrons. The summed E-state index contributed by atoms with van der Waals surface area (Å²) in [6, 6.07) is 0. The molecule has 1 aliphatic heterocycles. The highest BCUT2D eigenvalue weighted by Crippen LogP contribution is 2.22. The van der Waals surface area contributed by atoms with E-state index in [2.05, 4.69) is 0 Å². The summed E-state index contributed by atoms with van der Waals surface area (Å²) < 4.78 is 9.91. The van der Waals surface area contributed by atoms with Crippen LogP contribution in [0.15, 0.2) is 0 Å². The lowest BCUT2D eigenvalue weighted by atomic mass is 9.99. The molecular weight excluding hydrogens is 234 g/mol. The number of aliphatic carboxylic acids is 1. The van der Waals surface area contributed by atoms with Gasteiger partial charge in [0.15, 0.2) is 12.4 Å². The number of carboxylic acid groups (broad SMARTS) is 1. The van der Waals surface area contributed by atoms with E-state index in [4.69, 9.17) is 20.3 Å². The van der Waals surface area contributed by atoms with E-state index < -0.39 is 36.7 Å². The number of hydrogen-bond donors (Lipinski definition) is 5. The second-order valence-corrected chi connectivity index (χ2v) is 3.75. The van der Waals surface area contributed by atoms with Gasteiger partial charge in [-0.2, -0.15) is 0 Å². The number of hydrogen-bond acceptors (Lipinski definition) is 7. The fourth-order valence-electron chi connectivity index (χ4n) is 1.47. The number of rotatable bonds is 5. The minimum atomic E-state index is -1.70. The lowest BCUT2D eigenvalue weighted by molar-refractivity contribution is -0.294. The molecule has 100 valence electrons. The van der Waals surface area contributed by atoms with E-state index in [9.17, 15) is 20.1 Å². The van der Waals surface area contributed by atoms with Crippen molar-refractivity contribution >= 4 is 5.97 Å². The van der Waals surface area contributed by atoms with Crippen LogP contribution in [0.1, 0.15) is 6.42 Å². The predicted molar refractivity (Wildman–Crippen MR) is 53.9 cm³/mol. The van der Waals surface area contributed by atoms with Crippen molar-refractivity contribution in [3.05, 3.63) is 0 Å². The lowest BCUT2D eigenvalue weighted by Gasteiger charge is -2.38. The summed E-state index contributed by atoms with van der Waals surface area (Å²) in [4.78, 5) is 10.7. The molecule has 1 fully saturated rings. The zero-order chi connectivity index (χ0) is 13.0. The highest BCUT2D eigenvalue weighted by Gasteiger charge is 2.47. The molecule has 0 bridgehead atoms. The Hall–Kier alpha value is -0.770. The third-order valence-electron chi connectivity index (χ3n) is 2.44. The average molecular weight is 251 g/mol. The molecule has 8 nitrogen and oxygen atoms in total. The number of aliphatic hydroxyl groups excluding tert-OH is 3. The zero-order valence-corrected chi connectivity index (χ0v) is 9.10. The van der Waals surface area contributed by atoms with E-state index in [1.54, 1.807) is 0 Å². The van der Waals surface area contributed by atoms with Crippen LogP contribution < -0.4 is 5.73 Å². The maximum Gasteiger partial charge on any atom is 0.335 e. The van der Waals surface area contributed by atoms with Gasteiger partial charge < -0.3 is 35.6 Å². The van der Waals surface area contributed by atoms with Crippen LogP contribution in [0, 0.1) is 0 Å². The second-order valence-electron chi connectivity index (χ2n) is 3.75. The zero-order valence-electron chi connectivity index (χ0n) is 9.10. The Morgan fingerprint density at radius 2 is 1.88 bits per heavy atom. The van der Waals surface area contributed by atoms with Crippen molar-refractivity contribution < 1.29 is 34.7 Å². The molecule has 1 aliphatic rings. The van der Waals surface area contributed by atoms with Gasteiger partial charge in [-0.05, 0) is 13.0 Å². The van der Waals surface area contributed by atoms with Crippen LogP contribution in [-0.4, -0.2) is 70.3 Å². The van der Waals surface area contributed by atoms with Crippen LogP contribution >= 0.6 is 0 Å². The molecule has 0 unspecified atom stereocenters. The van der Waals surface area contributed by atoms with Crippen LogP contribution in [0.2, 0.25) is 0 Å². The number of ether oxygens (including phenoxy) is 2. The molecule has 6 N–H and O–H groups in total. The normalized spacial score (nSPS) is 38.0. The van der Waals surface area contributed by atoms with E-state index in [0.29, 0.717) is 13.0 Å². The van der Waals surface area contributed by atoms with E-state index in [1.807, 2.05) is 0 Å². The van der Waals surface area contributed by atoms with E-state index in [1.165, 1.54) is 0 Å². The largest absolute Gasteiger partial charge is 0.479 e. The Kier molecular flexibility index (Phi) is 5.25. The lowest BCUT2D eigenvalue weighted by Crippen LogP contribution is -2.60. The van der Waals surface area contributed by atoms with Crippen molar-refractivity contribution in [3.8, 4) is 0 Å². The van der Waals surface area contributed by atoms with Crippen molar-refractivity contribution in [2.45, 2.75) is 37.1 Å². The molecule has 17 heavy (non-hydrogen) atoms. The molecule has 8 heteroatoms. The van der Waals surface area contributed by atoms with Gasteiger partial charge in [-0.15, -0.1) is 0 Å². The summed E-state index contributed by atoms with van der Waals surface area (Å²) in [5, 5.41) is 37.1. The molecule has 1 heterocycles. The Bertz CT molecular complexity index is 262. The van der Waals surface area contributed by atoms with Crippen LogP contribution in [-0.2, 0) is 14.3 Å². The Morgan fingerprint density at radius 1 is 1.24 bits per heavy atom. The van der Waals surface area contributed by atoms with Gasteiger partial charge in [0, 0.05) is 0 Å². The van der Waals surface area contributed by atoms with E-state index >= 15 is 0 Å². The van der Waals surface area contributed by atoms with Crippen molar-refractivity contribution in [1.29, 1.82) is 0 Å². The monoisotopic (exact) mass is 251 g/mol. The number of nitrogens with two attached hydrogens (primary N) is 1. The molecule has 0 aromatic rings. The predicted octanol–water partition coefficient (Wildman–Crippen LogP) is -2.76. The SMILES string of the molecule is NCCCO[C@@H]1O[C@H](C(=O)O)[C@H](O)[C@H](O)[C@H]1O. The summed E-state index contributed by atoms with van der Waals surface area (Å²) in [6.45, 7) is 0.531. The topological polar surface area (TPSA) is 142 Å². The van der Waals surface area contributed by atoms with Gasteiger partial charge >= 0.3 is 5.97 Å². The average Bonchev–Trinajstić information content (AvgIpc) is 2.29. The van der Waals surface area contributed by atoms with Gasteiger partial charge in [-0.1, -0.05) is 0 Å². The molecule has 0 aromatic carbocycles. The van der Waals surface area contributed by atoms with Crippen LogP contribution in [0.4, 0.5) is 0 Å². The maximum absolute atomic E-state index is 10.7. The van der Waals surface area contributed by atoms with Crippen molar-refractivity contribution in [2.24, 2.45) is 5.73 Å². The molecule has 0 spiro atoms. The smallest absolute Gasteiger partial charge is 0.335 e. The van der Waals surface area contributed by atoms with Gasteiger partial charge in [0.1, 0.15) is 18.3 Å². The molecule has 1 rings (SSSR count). The molecular formula is C9H17NO7. The number of aliphatic hydroxyl groups is 3. The first-order valence-electron chi connectivity index (χ1n) is 5.23. The summed E-state index contributed by atoms with van der Waals surface area (Å²) >= 11 is 0. The molecule has 0 saturated carbocycles. The molecule has 0 aromatic heterocycles. The van der Waals surface area contributed by atoms with Gasteiger partial charge in [-0.3, -0.25) is 0 Å². The third kappa shape index (κ3) is 3.35. The van der Waals surface area contributed by atoms with Crippen LogP contribution in [0.25, 0.3) is 0 Å². The van der Waals surface area contributed by atoms with Crippen molar-refractivity contribution in [3.63, 3.8) is 0 Å². The number of carboxylic acids is 1. The summed E-state index contributed by atoms with van der Waals surface area (Å²) in [7, 11) is 0. The van der Waals surface area contributed by atoms with Gasteiger partial charge in [0.25, 0.3) is 0 Å². The highest BCUT2D eigenvalue weighted by atomic mass is 16.7. The fraction of sp³-hybridized carbons (Fsp3) is 0.889. The molecule has 5 atom stereocenters. The first kappa shape index (κ1) is 14.3. The van der Waals surface area contributed by atoms with Crippen LogP contribution in [0.3, 0.4) is 0 Å². The summed E-state index contributed by atoms with van der Waals surface area (Å²) in [5.41, 5.74) is 5.24. The minimum absolute atomic E-state index is 0.160. The quantitative estimate of drug-likeness (QED) is 0.331. The molecule has 0 aliphatic carbocycles. The summed E-state index contributed by atoms with van der Waals surface area (Å²) in [5.74, 6) is -1.43. The Labute approximate surface area is 97.6 Å². The first-order chi connectivity index (χ1) is 7.99. The van der Waals surface area contributed by atoms with E-state index in [0.717, 1.165) is 0 Å². The molecule has 1 saturated heterocycles. The summed E-state index contributed by atoms with van der Waals surface area (Å²) in [6.07, 6.45) is -7.25. The minimum Gasteiger partial charge on any atom is -0.479 e. The van der Waals surface area contributed by atoms with Crippen molar-refractivity contribution in [1.82, 2.24) is 0 Å². The number of carbonyl (C=O) groups is 1.